The molecule has 5 nitrogen and oxygen atoms in total. The molecule has 0 saturated heterocycles. The minimum atomic E-state index is -4.76. The highest BCUT2D eigenvalue weighted by molar-refractivity contribution is 6.36. The van der Waals surface area contributed by atoms with E-state index in [-0.39, 0.29) is 5.82 Å². The molecule has 0 fully saturated rings. The number of rotatable bonds is 3. The Bertz CT molecular complexity index is 1180. The number of amides is 1. The number of aromatic nitrogens is 2. The zero-order valence-corrected chi connectivity index (χ0v) is 17.3. The highest BCUT2D eigenvalue weighted by Gasteiger charge is 2.48. The van der Waals surface area contributed by atoms with Crippen molar-refractivity contribution in [1.29, 1.82) is 0 Å². The van der Waals surface area contributed by atoms with Gasteiger partial charge in [-0.1, -0.05) is 54.1 Å². The summed E-state index contributed by atoms with van der Waals surface area (Å²) in [6.07, 6.45) is -9.89. The molecule has 3 aromatic rings. The first-order valence-electron chi connectivity index (χ1n) is 9.60. The Morgan fingerprint density at radius 2 is 1.67 bits per heavy atom. The molecule has 2 unspecified atom stereocenters. The summed E-state index contributed by atoms with van der Waals surface area (Å²) in [6.45, 7) is 0. The Morgan fingerprint density at radius 1 is 1.03 bits per heavy atom. The number of para-hydroxylation sites is 1. The van der Waals surface area contributed by atoms with E-state index in [4.69, 9.17) is 11.6 Å². The van der Waals surface area contributed by atoms with Crippen molar-refractivity contribution in [1.82, 2.24) is 9.78 Å². The maximum absolute atomic E-state index is 13.8. The molecule has 2 atom stereocenters. The number of carbonyl (C=O) groups is 1. The zero-order valence-electron chi connectivity index (χ0n) is 16.5. The molecular weight excluding hydrogens is 474 g/mol. The maximum Gasteiger partial charge on any atom is 0.418 e. The molecule has 0 spiro atoms. The molecule has 2 N–H and O–H groups in total. The van der Waals surface area contributed by atoms with Gasteiger partial charge in [0.25, 0.3) is 5.91 Å². The lowest BCUT2D eigenvalue weighted by Crippen LogP contribution is -2.35. The smallest absolute Gasteiger partial charge is 0.362 e. The molecule has 4 rings (SSSR count). The lowest BCUT2D eigenvalue weighted by Gasteiger charge is -2.33. The minimum absolute atomic E-state index is 0.242. The van der Waals surface area contributed by atoms with E-state index in [9.17, 15) is 31.1 Å². The topological polar surface area (TPSA) is 59.0 Å². The van der Waals surface area contributed by atoms with Crippen LogP contribution in [0.1, 0.15) is 40.1 Å². The fourth-order valence-electron chi connectivity index (χ4n) is 3.66. The molecule has 0 radical (unpaired) electrons. The maximum atomic E-state index is 13.8. The third kappa shape index (κ3) is 4.50. The molecule has 1 aliphatic rings. The van der Waals surface area contributed by atoms with Gasteiger partial charge in [-0.3, -0.25) is 4.79 Å². The van der Waals surface area contributed by atoms with Crippen LogP contribution in [0, 0.1) is 0 Å². The number of carbonyl (C=O) groups excluding carboxylic acids is 1. The highest BCUT2D eigenvalue weighted by Crippen LogP contribution is 2.46. The SMILES string of the molecule is O=C(Nc1ccccc1C(F)(F)F)c1nn2c(c1Cl)NC(c1ccccc1)CC2C(F)(F)F. The fourth-order valence-corrected chi connectivity index (χ4v) is 3.92. The second kappa shape index (κ2) is 8.29. The summed E-state index contributed by atoms with van der Waals surface area (Å²) in [6, 6.07) is 9.67. The van der Waals surface area contributed by atoms with E-state index in [1.165, 1.54) is 6.07 Å². The van der Waals surface area contributed by atoms with E-state index in [1.807, 2.05) is 0 Å². The van der Waals surface area contributed by atoms with Crippen LogP contribution in [0.2, 0.25) is 5.02 Å². The van der Waals surface area contributed by atoms with E-state index < -0.39 is 58.7 Å². The van der Waals surface area contributed by atoms with E-state index in [2.05, 4.69) is 15.7 Å². The first-order chi connectivity index (χ1) is 15.5. The number of halogens is 7. The van der Waals surface area contributed by atoms with E-state index in [0.717, 1.165) is 18.2 Å². The van der Waals surface area contributed by atoms with E-state index in [1.54, 1.807) is 30.3 Å². The van der Waals surface area contributed by atoms with E-state index in [0.29, 0.717) is 10.2 Å². The van der Waals surface area contributed by atoms with Crippen molar-refractivity contribution in [2.45, 2.75) is 30.9 Å². The summed E-state index contributed by atoms with van der Waals surface area (Å²) in [7, 11) is 0. The molecule has 12 heteroatoms. The molecule has 0 aliphatic carbocycles. The Labute approximate surface area is 188 Å². The number of fused-ring (bicyclic) bond motifs is 1. The van der Waals surface area contributed by atoms with Crippen LogP contribution in [0.3, 0.4) is 0 Å². The van der Waals surface area contributed by atoms with Crippen molar-refractivity contribution in [3.8, 4) is 0 Å². The Morgan fingerprint density at radius 3 is 2.30 bits per heavy atom. The van der Waals surface area contributed by atoms with Crippen LogP contribution in [-0.4, -0.2) is 21.9 Å². The van der Waals surface area contributed by atoms with Crippen LogP contribution in [0.5, 0.6) is 0 Å². The molecule has 174 valence electrons. The average Bonchev–Trinajstić information content (AvgIpc) is 3.09. The predicted octanol–water partition coefficient (Wildman–Crippen LogP) is 6.47. The Hall–Kier alpha value is -3.21. The van der Waals surface area contributed by atoms with Crippen LogP contribution in [0.4, 0.5) is 37.8 Å². The first-order valence-corrected chi connectivity index (χ1v) is 9.98. The molecule has 2 aromatic carbocycles. The fraction of sp³-hybridized carbons (Fsp3) is 0.238. The Balaban J connectivity index is 1.71. The van der Waals surface area contributed by atoms with E-state index >= 15 is 0 Å². The number of anilines is 2. The number of alkyl halides is 6. The zero-order chi connectivity index (χ0) is 24.0. The normalized spacial score (nSPS) is 18.4. The van der Waals surface area contributed by atoms with Gasteiger partial charge in [0, 0.05) is 6.42 Å². The lowest BCUT2D eigenvalue weighted by molar-refractivity contribution is -0.173. The lowest BCUT2D eigenvalue weighted by atomic mass is 9.97. The standard InChI is InChI=1S/C21H15ClF6N4O/c22-16-17(19(33)30-13-9-5-4-8-12(13)20(23,24)25)31-32-15(21(26,27)28)10-14(29-18(16)32)11-6-2-1-3-7-11/h1-9,14-15,29H,10H2,(H,30,33). The molecule has 1 aromatic heterocycles. The minimum Gasteiger partial charge on any atom is -0.362 e. The third-order valence-electron chi connectivity index (χ3n) is 5.19. The molecule has 1 aliphatic heterocycles. The van der Waals surface area contributed by atoms with Gasteiger partial charge in [-0.05, 0) is 17.7 Å². The van der Waals surface area contributed by atoms with Gasteiger partial charge in [-0.2, -0.15) is 31.4 Å². The molecule has 0 saturated carbocycles. The van der Waals surface area contributed by atoms with Crippen LogP contribution in [0.25, 0.3) is 0 Å². The number of hydrogen-bond acceptors (Lipinski definition) is 3. The second-order valence-electron chi connectivity index (χ2n) is 7.35. The van der Waals surface area contributed by atoms with Crippen molar-refractivity contribution < 1.29 is 31.1 Å². The molecular formula is C21H15ClF6N4O. The quantitative estimate of drug-likeness (QED) is 0.416. The van der Waals surface area contributed by atoms with Gasteiger partial charge in [-0.25, -0.2) is 4.68 Å². The van der Waals surface area contributed by atoms with Gasteiger partial charge in [0.15, 0.2) is 11.7 Å². The largest absolute Gasteiger partial charge is 0.418 e. The van der Waals surface area contributed by atoms with Crippen molar-refractivity contribution in [3.05, 3.63) is 76.4 Å². The summed E-state index contributed by atoms with van der Waals surface area (Å²) in [4.78, 5) is 12.7. The monoisotopic (exact) mass is 488 g/mol. The Kier molecular flexibility index (Phi) is 5.77. The van der Waals surface area contributed by atoms with Gasteiger partial charge < -0.3 is 10.6 Å². The average molecular weight is 489 g/mol. The summed E-state index contributed by atoms with van der Waals surface area (Å²) in [5, 5.41) is 8.22. The summed E-state index contributed by atoms with van der Waals surface area (Å²) in [5.74, 6) is -1.41. The van der Waals surface area contributed by atoms with Crippen LogP contribution >= 0.6 is 11.6 Å². The summed E-state index contributed by atoms with van der Waals surface area (Å²) < 4.78 is 81.7. The number of benzene rings is 2. The first kappa shape index (κ1) is 23.0. The molecule has 33 heavy (non-hydrogen) atoms. The molecule has 0 bridgehead atoms. The second-order valence-corrected chi connectivity index (χ2v) is 7.73. The van der Waals surface area contributed by atoms with Crippen molar-refractivity contribution >= 4 is 29.0 Å². The third-order valence-corrected chi connectivity index (χ3v) is 5.55. The van der Waals surface area contributed by atoms with Gasteiger partial charge >= 0.3 is 12.4 Å². The number of nitrogens with one attached hydrogen (secondary N) is 2. The van der Waals surface area contributed by atoms with Gasteiger partial charge in [0.2, 0.25) is 0 Å². The molecule has 2 heterocycles. The number of nitrogens with zero attached hydrogens (tertiary/aromatic N) is 2. The van der Waals surface area contributed by atoms with Gasteiger partial charge in [-0.15, -0.1) is 0 Å². The highest BCUT2D eigenvalue weighted by atomic mass is 35.5. The van der Waals surface area contributed by atoms with Crippen molar-refractivity contribution in [3.63, 3.8) is 0 Å². The predicted molar refractivity (Wildman–Crippen MR) is 109 cm³/mol. The van der Waals surface area contributed by atoms with Gasteiger partial charge in [0.05, 0.1) is 17.3 Å². The van der Waals surface area contributed by atoms with Crippen molar-refractivity contribution in [2.75, 3.05) is 10.6 Å². The van der Waals surface area contributed by atoms with Crippen LogP contribution in [0.15, 0.2) is 54.6 Å². The number of hydrogen-bond donors (Lipinski definition) is 2. The van der Waals surface area contributed by atoms with Gasteiger partial charge in [0.1, 0.15) is 10.8 Å². The summed E-state index contributed by atoms with van der Waals surface area (Å²) >= 11 is 6.20. The summed E-state index contributed by atoms with van der Waals surface area (Å²) in [5.41, 5.74) is -1.74. The molecule has 1 amide bonds. The van der Waals surface area contributed by atoms with Crippen molar-refractivity contribution in [2.24, 2.45) is 0 Å². The van der Waals surface area contributed by atoms with Crippen LogP contribution in [-0.2, 0) is 6.18 Å². The van der Waals surface area contributed by atoms with Crippen LogP contribution < -0.4 is 10.6 Å².